The molecule has 1 aromatic carbocycles. The highest BCUT2D eigenvalue weighted by Gasteiger charge is 2.36. The number of ether oxygens (including phenoxy) is 2. The van der Waals surface area contributed by atoms with Gasteiger partial charge in [-0.05, 0) is 38.1 Å². The number of likely N-dealkylation sites (tertiary alicyclic amines) is 1. The Hall–Kier alpha value is -2.21. The van der Waals surface area contributed by atoms with Gasteiger partial charge in [0.1, 0.15) is 23.7 Å². The third kappa shape index (κ3) is 3.74. The zero-order chi connectivity index (χ0) is 18.0. The molecule has 0 N–H and O–H groups in total. The van der Waals surface area contributed by atoms with Crippen LogP contribution in [0.1, 0.15) is 20.8 Å². The van der Waals surface area contributed by atoms with Gasteiger partial charge < -0.3 is 9.47 Å². The minimum atomic E-state index is -0.317. The number of hydrogen-bond donors (Lipinski definition) is 0. The number of aromatic nitrogens is 1. The molecule has 0 aliphatic carbocycles. The lowest BCUT2D eigenvalue weighted by Gasteiger charge is -2.22. The Bertz CT molecular complexity index is 767. The smallest absolute Gasteiger partial charge is 0.323 e. The molecule has 2 aromatic rings. The Kier molecular flexibility index (Phi) is 5.18. The van der Waals surface area contributed by atoms with Crippen LogP contribution in [0.3, 0.4) is 0 Å². The lowest BCUT2D eigenvalue weighted by atomic mass is 10.1. The second-order valence-corrected chi connectivity index (χ2v) is 6.49. The first-order chi connectivity index (χ1) is 12.0. The topological polar surface area (TPSA) is 51.7 Å². The molecule has 0 bridgehead atoms. The van der Waals surface area contributed by atoms with E-state index in [4.69, 9.17) is 9.47 Å². The largest absolute Gasteiger partial charge is 0.488 e. The summed E-state index contributed by atoms with van der Waals surface area (Å²) < 4.78 is 24.9. The molecule has 134 valence electrons. The van der Waals surface area contributed by atoms with Gasteiger partial charge in [0.15, 0.2) is 0 Å². The maximum absolute atomic E-state index is 13.6. The first-order valence-corrected chi connectivity index (χ1v) is 8.61. The Labute approximate surface area is 146 Å². The fourth-order valence-corrected chi connectivity index (χ4v) is 3.21. The standard InChI is InChI=1S/C19H23FN2O3/c1-4-24-19(23)13(3)22-10-12(2)18(11-22)25-17-7-8-21-16-6-5-14(20)9-15(16)17/h5-9,12-13,18H,4,10-11H2,1-3H3. The van der Waals surface area contributed by atoms with Crippen molar-refractivity contribution in [2.45, 2.75) is 32.9 Å². The van der Waals surface area contributed by atoms with Gasteiger partial charge in [0, 0.05) is 30.6 Å². The maximum atomic E-state index is 13.6. The third-order valence-corrected chi connectivity index (χ3v) is 4.69. The van der Waals surface area contributed by atoms with E-state index < -0.39 is 0 Å². The van der Waals surface area contributed by atoms with Crippen LogP contribution in [0.2, 0.25) is 0 Å². The van der Waals surface area contributed by atoms with Crippen LogP contribution in [0.5, 0.6) is 5.75 Å². The van der Waals surface area contributed by atoms with E-state index in [9.17, 15) is 9.18 Å². The van der Waals surface area contributed by atoms with E-state index >= 15 is 0 Å². The minimum Gasteiger partial charge on any atom is -0.488 e. The Balaban J connectivity index is 1.76. The van der Waals surface area contributed by atoms with E-state index in [1.54, 1.807) is 25.3 Å². The molecule has 1 aromatic heterocycles. The van der Waals surface area contributed by atoms with E-state index in [2.05, 4.69) is 16.8 Å². The average molecular weight is 346 g/mol. The molecule has 1 aliphatic rings. The normalized spacial score (nSPS) is 22.1. The number of carbonyl (C=O) groups excluding carboxylic acids is 1. The van der Waals surface area contributed by atoms with E-state index in [1.807, 2.05) is 6.92 Å². The Morgan fingerprint density at radius 1 is 1.40 bits per heavy atom. The van der Waals surface area contributed by atoms with Crippen molar-refractivity contribution in [3.63, 3.8) is 0 Å². The van der Waals surface area contributed by atoms with Crippen LogP contribution < -0.4 is 4.74 Å². The number of pyridine rings is 1. The van der Waals surface area contributed by atoms with Crippen molar-refractivity contribution in [1.82, 2.24) is 9.88 Å². The Morgan fingerprint density at radius 3 is 2.96 bits per heavy atom. The highest BCUT2D eigenvalue weighted by Crippen LogP contribution is 2.29. The molecule has 5 nitrogen and oxygen atoms in total. The summed E-state index contributed by atoms with van der Waals surface area (Å²) >= 11 is 0. The quantitative estimate of drug-likeness (QED) is 0.779. The van der Waals surface area contributed by atoms with Crippen molar-refractivity contribution in [3.05, 3.63) is 36.3 Å². The zero-order valence-electron chi connectivity index (χ0n) is 14.7. The fourth-order valence-electron chi connectivity index (χ4n) is 3.21. The summed E-state index contributed by atoms with van der Waals surface area (Å²) in [7, 11) is 0. The SMILES string of the molecule is CCOC(=O)C(C)N1CC(C)C(Oc2ccnc3ccc(F)cc23)C1. The summed E-state index contributed by atoms with van der Waals surface area (Å²) in [4.78, 5) is 18.3. The molecule has 1 fully saturated rings. The monoisotopic (exact) mass is 346 g/mol. The van der Waals surface area contributed by atoms with Crippen molar-refractivity contribution in [1.29, 1.82) is 0 Å². The van der Waals surface area contributed by atoms with E-state index in [0.29, 0.717) is 29.8 Å². The maximum Gasteiger partial charge on any atom is 0.323 e. The molecule has 3 rings (SSSR count). The number of benzene rings is 1. The van der Waals surface area contributed by atoms with Crippen molar-refractivity contribution >= 4 is 16.9 Å². The first kappa shape index (κ1) is 17.6. The summed E-state index contributed by atoms with van der Waals surface area (Å²) in [5.74, 6) is 0.329. The lowest BCUT2D eigenvalue weighted by molar-refractivity contribution is -0.148. The van der Waals surface area contributed by atoms with Gasteiger partial charge in [-0.15, -0.1) is 0 Å². The predicted octanol–water partition coefficient (Wildman–Crippen LogP) is 3.02. The van der Waals surface area contributed by atoms with E-state index in [1.165, 1.54) is 12.1 Å². The molecular weight excluding hydrogens is 323 g/mol. The Morgan fingerprint density at radius 2 is 2.20 bits per heavy atom. The van der Waals surface area contributed by atoms with Crippen LogP contribution in [0.15, 0.2) is 30.5 Å². The van der Waals surface area contributed by atoms with Gasteiger partial charge in [-0.25, -0.2) is 4.39 Å². The van der Waals surface area contributed by atoms with Crippen LogP contribution in [-0.4, -0.2) is 47.7 Å². The second-order valence-electron chi connectivity index (χ2n) is 6.49. The van der Waals surface area contributed by atoms with Crippen molar-refractivity contribution < 1.29 is 18.7 Å². The van der Waals surface area contributed by atoms with Gasteiger partial charge in [-0.1, -0.05) is 6.92 Å². The van der Waals surface area contributed by atoms with Gasteiger partial charge in [0.25, 0.3) is 0 Å². The molecule has 3 atom stereocenters. The van der Waals surface area contributed by atoms with E-state index in [0.717, 1.165) is 6.54 Å². The van der Waals surface area contributed by atoms with Crippen LogP contribution >= 0.6 is 0 Å². The summed E-state index contributed by atoms with van der Waals surface area (Å²) in [5, 5.41) is 0.659. The van der Waals surface area contributed by atoms with Crippen LogP contribution in [0.4, 0.5) is 4.39 Å². The molecule has 6 heteroatoms. The molecule has 0 amide bonds. The number of nitrogens with zero attached hydrogens (tertiary/aromatic N) is 2. The molecular formula is C19H23FN2O3. The highest BCUT2D eigenvalue weighted by molar-refractivity contribution is 5.84. The van der Waals surface area contributed by atoms with Gasteiger partial charge in [-0.3, -0.25) is 14.7 Å². The van der Waals surface area contributed by atoms with Gasteiger partial charge in [0.05, 0.1) is 12.1 Å². The average Bonchev–Trinajstić information content (AvgIpc) is 2.95. The van der Waals surface area contributed by atoms with Crippen molar-refractivity contribution in [2.75, 3.05) is 19.7 Å². The first-order valence-electron chi connectivity index (χ1n) is 8.61. The van der Waals surface area contributed by atoms with Gasteiger partial charge >= 0.3 is 5.97 Å². The summed E-state index contributed by atoms with van der Waals surface area (Å²) in [6, 6.07) is 5.93. The molecule has 25 heavy (non-hydrogen) atoms. The number of hydrogen-bond acceptors (Lipinski definition) is 5. The molecule has 0 radical (unpaired) electrons. The van der Waals surface area contributed by atoms with Crippen molar-refractivity contribution in [2.24, 2.45) is 5.92 Å². The summed E-state index contributed by atoms with van der Waals surface area (Å²) in [6.07, 6.45) is 1.58. The van der Waals surface area contributed by atoms with Gasteiger partial charge in [0.2, 0.25) is 0 Å². The lowest BCUT2D eigenvalue weighted by Crippen LogP contribution is -2.39. The molecule has 3 unspecified atom stereocenters. The number of halogens is 1. The van der Waals surface area contributed by atoms with E-state index in [-0.39, 0.29) is 29.9 Å². The zero-order valence-corrected chi connectivity index (χ0v) is 14.7. The third-order valence-electron chi connectivity index (χ3n) is 4.69. The van der Waals surface area contributed by atoms with Crippen LogP contribution in [0, 0.1) is 11.7 Å². The molecule has 0 spiro atoms. The predicted molar refractivity (Wildman–Crippen MR) is 92.9 cm³/mol. The number of rotatable bonds is 5. The number of fused-ring (bicyclic) bond motifs is 1. The molecule has 1 saturated heterocycles. The minimum absolute atomic E-state index is 0.0780. The van der Waals surface area contributed by atoms with Gasteiger partial charge in [-0.2, -0.15) is 0 Å². The highest BCUT2D eigenvalue weighted by atomic mass is 19.1. The van der Waals surface area contributed by atoms with Crippen LogP contribution in [0.25, 0.3) is 10.9 Å². The number of carbonyl (C=O) groups is 1. The summed E-state index contributed by atoms with van der Waals surface area (Å²) in [5.41, 5.74) is 0.696. The molecule has 1 aliphatic heterocycles. The number of esters is 1. The second kappa shape index (κ2) is 7.35. The summed E-state index contributed by atoms with van der Waals surface area (Å²) in [6.45, 7) is 7.50. The van der Waals surface area contributed by atoms with Crippen LogP contribution in [-0.2, 0) is 9.53 Å². The molecule has 2 heterocycles. The van der Waals surface area contributed by atoms with Crippen molar-refractivity contribution in [3.8, 4) is 5.75 Å². The molecule has 0 saturated carbocycles. The fraction of sp³-hybridized carbons (Fsp3) is 0.474.